The summed E-state index contributed by atoms with van der Waals surface area (Å²) in [4.78, 5) is 12.6. The Balaban J connectivity index is 1.33. The van der Waals surface area contributed by atoms with Gasteiger partial charge in [-0.05, 0) is 92.1 Å². The van der Waals surface area contributed by atoms with Gasteiger partial charge in [0.1, 0.15) is 5.75 Å². The number of thiocarbonyl (C=S) groups is 1. The first-order valence-electron chi connectivity index (χ1n) is 10.3. The lowest BCUT2D eigenvalue weighted by Crippen LogP contribution is -2.57. The lowest BCUT2D eigenvalue weighted by molar-refractivity contribution is -0.00692. The summed E-state index contributed by atoms with van der Waals surface area (Å²) >= 11 is 5.47. The molecule has 0 aromatic heterocycles. The Morgan fingerprint density at radius 2 is 1.81 bits per heavy atom. The molecule has 5 heteroatoms. The number of nitrogens with one attached hydrogen (secondary N) is 2. The highest BCUT2D eigenvalue weighted by molar-refractivity contribution is 7.80. The number of carbonyl (C=O) groups is 1. The number of hydrogen-bond acceptors (Lipinski definition) is 3. The standard InChI is InChI=1S/C22H30N2O2S/c1-13(2)12-26-19-5-3-4-16(11-19)21(25)24-22(27)23-20-17-7-14-6-15(9-17)10-18(20)8-14/h3-5,11,13-15,17-18,20H,6-10,12H2,1-2H3,(H2,23,24,25,27). The summed E-state index contributed by atoms with van der Waals surface area (Å²) < 4.78 is 5.72. The fourth-order valence-electron chi connectivity index (χ4n) is 5.51. The molecule has 27 heavy (non-hydrogen) atoms. The highest BCUT2D eigenvalue weighted by Crippen LogP contribution is 2.53. The zero-order valence-corrected chi connectivity index (χ0v) is 17.1. The van der Waals surface area contributed by atoms with E-state index < -0.39 is 0 Å². The fraction of sp³-hybridized carbons (Fsp3) is 0.636. The maximum absolute atomic E-state index is 12.6. The van der Waals surface area contributed by atoms with Gasteiger partial charge in [-0.15, -0.1) is 0 Å². The molecule has 0 saturated heterocycles. The van der Waals surface area contributed by atoms with E-state index in [0.717, 1.165) is 29.4 Å². The molecule has 4 aliphatic carbocycles. The smallest absolute Gasteiger partial charge is 0.257 e. The normalized spacial score (nSPS) is 31.0. The second kappa shape index (κ2) is 7.78. The number of rotatable bonds is 5. The van der Waals surface area contributed by atoms with Crippen LogP contribution in [-0.4, -0.2) is 23.7 Å². The summed E-state index contributed by atoms with van der Waals surface area (Å²) in [5, 5.41) is 6.82. The molecule has 0 heterocycles. The molecule has 146 valence electrons. The molecule has 1 aromatic carbocycles. The topological polar surface area (TPSA) is 50.4 Å². The van der Waals surface area contributed by atoms with Crippen LogP contribution in [0.15, 0.2) is 24.3 Å². The maximum Gasteiger partial charge on any atom is 0.257 e. The summed E-state index contributed by atoms with van der Waals surface area (Å²) in [5.74, 6) is 4.31. The molecule has 4 nitrogen and oxygen atoms in total. The number of ether oxygens (including phenoxy) is 1. The van der Waals surface area contributed by atoms with Crippen LogP contribution < -0.4 is 15.4 Å². The molecule has 4 aliphatic rings. The summed E-state index contributed by atoms with van der Waals surface area (Å²) in [6.45, 7) is 4.84. The van der Waals surface area contributed by atoms with E-state index >= 15 is 0 Å². The largest absolute Gasteiger partial charge is 0.493 e. The van der Waals surface area contributed by atoms with Crippen molar-refractivity contribution in [2.24, 2.45) is 29.6 Å². The van der Waals surface area contributed by atoms with Crippen molar-refractivity contribution in [3.05, 3.63) is 29.8 Å². The molecule has 1 amide bonds. The van der Waals surface area contributed by atoms with Crippen molar-refractivity contribution in [3.8, 4) is 5.75 Å². The molecule has 1 aromatic rings. The monoisotopic (exact) mass is 386 g/mol. The highest BCUT2D eigenvalue weighted by Gasteiger charge is 2.48. The van der Waals surface area contributed by atoms with Gasteiger partial charge in [-0.1, -0.05) is 19.9 Å². The predicted molar refractivity (Wildman–Crippen MR) is 111 cm³/mol. The van der Waals surface area contributed by atoms with Crippen LogP contribution in [0.2, 0.25) is 0 Å². The van der Waals surface area contributed by atoms with Gasteiger partial charge in [0.2, 0.25) is 0 Å². The minimum Gasteiger partial charge on any atom is -0.493 e. The summed E-state index contributed by atoms with van der Waals surface area (Å²) in [6, 6.07) is 7.74. The molecule has 4 bridgehead atoms. The van der Waals surface area contributed by atoms with Crippen LogP contribution in [0.25, 0.3) is 0 Å². The predicted octanol–water partition coefficient (Wildman–Crippen LogP) is 4.15. The second-order valence-corrected chi connectivity index (χ2v) is 9.53. The molecule has 0 radical (unpaired) electrons. The second-order valence-electron chi connectivity index (χ2n) is 9.12. The van der Waals surface area contributed by atoms with Crippen LogP contribution in [0.5, 0.6) is 5.75 Å². The van der Waals surface area contributed by atoms with Gasteiger partial charge < -0.3 is 10.1 Å². The Hall–Kier alpha value is -1.62. The first-order chi connectivity index (χ1) is 13.0. The third kappa shape index (κ3) is 4.29. The molecule has 0 unspecified atom stereocenters. The average molecular weight is 387 g/mol. The van der Waals surface area contributed by atoms with Crippen LogP contribution >= 0.6 is 12.2 Å². The first kappa shape index (κ1) is 18.7. The molecule has 2 N–H and O–H groups in total. The van der Waals surface area contributed by atoms with Crippen molar-refractivity contribution in [2.75, 3.05) is 6.61 Å². The van der Waals surface area contributed by atoms with E-state index in [2.05, 4.69) is 24.5 Å². The van der Waals surface area contributed by atoms with Crippen molar-refractivity contribution in [1.29, 1.82) is 0 Å². The quantitative estimate of drug-likeness (QED) is 0.747. The Morgan fingerprint density at radius 3 is 2.44 bits per heavy atom. The minimum absolute atomic E-state index is 0.175. The summed E-state index contributed by atoms with van der Waals surface area (Å²) in [6.07, 6.45) is 6.76. The molecule has 0 aliphatic heterocycles. The molecule has 5 rings (SSSR count). The lowest BCUT2D eigenvalue weighted by atomic mass is 9.54. The van der Waals surface area contributed by atoms with E-state index in [1.54, 1.807) is 12.1 Å². The maximum atomic E-state index is 12.6. The molecular formula is C22H30N2O2S. The number of amides is 1. The van der Waals surface area contributed by atoms with Crippen molar-refractivity contribution in [3.63, 3.8) is 0 Å². The Kier molecular flexibility index (Phi) is 5.40. The molecule has 0 spiro atoms. The third-order valence-corrected chi connectivity index (χ3v) is 6.65. The van der Waals surface area contributed by atoms with E-state index in [4.69, 9.17) is 17.0 Å². The Bertz CT molecular complexity index is 690. The number of hydrogen-bond donors (Lipinski definition) is 2. The van der Waals surface area contributed by atoms with Gasteiger partial charge in [-0.3, -0.25) is 10.1 Å². The number of carbonyl (C=O) groups excluding carboxylic acids is 1. The van der Waals surface area contributed by atoms with Gasteiger partial charge >= 0.3 is 0 Å². The number of benzene rings is 1. The third-order valence-electron chi connectivity index (χ3n) is 6.43. The first-order valence-corrected chi connectivity index (χ1v) is 10.7. The zero-order chi connectivity index (χ0) is 19.0. The van der Waals surface area contributed by atoms with Gasteiger partial charge in [0.25, 0.3) is 5.91 Å². The van der Waals surface area contributed by atoms with Gasteiger partial charge in [0.15, 0.2) is 5.11 Å². The van der Waals surface area contributed by atoms with Crippen molar-refractivity contribution in [2.45, 2.75) is 52.0 Å². The van der Waals surface area contributed by atoms with Gasteiger partial charge in [-0.2, -0.15) is 0 Å². The molecule has 4 fully saturated rings. The Morgan fingerprint density at radius 1 is 1.15 bits per heavy atom. The van der Waals surface area contributed by atoms with Crippen LogP contribution in [0.4, 0.5) is 0 Å². The van der Waals surface area contributed by atoms with Crippen molar-refractivity contribution < 1.29 is 9.53 Å². The van der Waals surface area contributed by atoms with E-state index in [9.17, 15) is 4.79 Å². The summed E-state index contributed by atoms with van der Waals surface area (Å²) in [7, 11) is 0. The Labute approximate surface area is 167 Å². The SMILES string of the molecule is CC(C)COc1cccc(C(=O)NC(=S)NC2C3CC4CC(C3)CC2C4)c1. The van der Waals surface area contributed by atoms with Crippen LogP contribution in [0, 0.1) is 29.6 Å². The van der Waals surface area contributed by atoms with Gasteiger partial charge in [0, 0.05) is 11.6 Å². The fourth-order valence-corrected chi connectivity index (χ4v) is 5.74. The van der Waals surface area contributed by atoms with E-state index in [0.29, 0.717) is 29.2 Å². The minimum atomic E-state index is -0.175. The van der Waals surface area contributed by atoms with Crippen LogP contribution in [-0.2, 0) is 0 Å². The van der Waals surface area contributed by atoms with Crippen molar-refractivity contribution >= 4 is 23.2 Å². The zero-order valence-electron chi connectivity index (χ0n) is 16.2. The van der Waals surface area contributed by atoms with E-state index in [1.807, 2.05) is 12.1 Å². The van der Waals surface area contributed by atoms with E-state index in [1.165, 1.54) is 32.1 Å². The molecule has 4 saturated carbocycles. The molecule has 0 atom stereocenters. The van der Waals surface area contributed by atoms with Gasteiger partial charge in [-0.25, -0.2) is 0 Å². The molecular weight excluding hydrogens is 356 g/mol. The van der Waals surface area contributed by atoms with Crippen LogP contribution in [0.1, 0.15) is 56.3 Å². The van der Waals surface area contributed by atoms with Gasteiger partial charge in [0.05, 0.1) is 6.61 Å². The van der Waals surface area contributed by atoms with Crippen LogP contribution in [0.3, 0.4) is 0 Å². The van der Waals surface area contributed by atoms with E-state index in [-0.39, 0.29) is 5.91 Å². The van der Waals surface area contributed by atoms with Crippen molar-refractivity contribution in [1.82, 2.24) is 10.6 Å². The highest BCUT2D eigenvalue weighted by atomic mass is 32.1. The average Bonchev–Trinajstić information content (AvgIpc) is 2.62. The lowest BCUT2D eigenvalue weighted by Gasteiger charge is -2.54. The summed E-state index contributed by atoms with van der Waals surface area (Å²) in [5.41, 5.74) is 0.575.